The van der Waals surface area contributed by atoms with E-state index in [1.807, 2.05) is 27.0 Å². The molecule has 2 aromatic rings. The zero-order chi connectivity index (χ0) is 31.2. The van der Waals surface area contributed by atoms with Crippen molar-refractivity contribution in [1.29, 1.82) is 0 Å². The Balaban J connectivity index is 0.000000531. The number of esters is 1. The van der Waals surface area contributed by atoms with Gasteiger partial charge in [0.15, 0.2) is 21.6 Å². The van der Waals surface area contributed by atoms with Crippen LogP contribution in [0, 0.1) is 5.92 Å². The number of aromatic nitrogens is 3. The maximum atomic E-state index is 12.2. The highest BCUT2D eigenvalue weighted by Gasteiger charge is 2.37. The third-order valence-corrected chi connectivity index (χ3v) is 7.55. The van der Waals surface area contributed by atoms with Gasteiger partial charge in [0.05, 0.1) is 44.8 Å². The number of piperidine rings is 2. The van der Waals surface area contributed by atoms with E-state index in [0.29, 0.717) is 17.5 Å². The molecule has 0 aromatic carbocycles. The Kier molecular flexibility index (Phi) is 11.0. The van der Waals surface area contributed by atoms with Gasteiger partial charge in [0.1, 0.15) is 19.1 Å². The van der Waals surface area contributed by atoms with Crippen molar-refractivity contribution in [3.05, 3.63) is 24.2 Å². The second kappa shape index (κ2) is 13.9. The van der Waals surface area contributed by atoms with Crippen molar-refractivity contribution < 1.29 is 54.8 Å². The van der Waals surface area contributed by atoms with Crippen LogP contribution in [-0.2, 0) is 26.7 Å². The highest BCUT2D eigenvalue weighted by atomic mass is 32.2. The number of nitrogens with zero attached hydrogens (tertiary/aromatic N) is 5. The third-order valence-electron chi connectivity index (χ3n) is 6.98. The fraction of sp³-hybridized carbons (Fsp3) is 0.680. The molecule has 0 radical (unpaired) electrons. The number of carbonyl (C=O) groups excluding carboxylic acids is 1. The van der Waals surface area contributed by atoms with E-state index in [1.165, 1.54) is 7.11 Å². The van der Waals surface area contributed by atoms with Crippen molar-refractivity contribution in [2.75, 3.05) is 43.1 Å². The maximum Gasteiger partial charge on any atom is 0.485 e. The molecule has 17 heteroatoms. The molecule has 0 saturated carbocycles. The summed E-state index contributed by atoms with van der Waals surface area (Å²) in [5.74, 6) is 2.29. The summed E-state index contributed by atoms with van der Waals surface area (Å²) in [7, 11) is -2.82. The third kappa shape index (κ3) is 8.67. The zero-order valence-electron chi connectivity index (χ0n) is 23.8. The molecule has 2 aliphatic rings. The zero-order valence-corrected chi connectivity index (χ0v) is 24.6. The van der Waals surface area contributed by atoms with Gasteiger partial charge < -0.3 is 28.6 Å². The summed E-state index contributed by atoms with van der Waals surface area (Å²) >= 11 is 0. The maximum absolute atomic E-state index is 12.2. The van der Waals surface area contributed by atoms with Crippen molar-refractivity contribution in [2.24, 2.45) is 13.0 Å². The van der Waals surface area contributed by atoms with Crippen molar-refractivity contribution in [1.82, 2.24) is 9.97 Å². The van der Waals surface area contributed by atoms with E-state index in [4.69, 9.17) is 27.0 Å². The highest BCUT2D eigenvalue weighted by molar-refractivity contribution is 7.86. The number of alkyl halides is 3. The minimum Gasteiger partial charge on any atom is -0.741 e. The fourth-order valence-electron chi connectivity index (χ4n) is 4.72. The highest BCUT2D eigenvalue weighted by Crippen LogP contribution is 2.29. The number of carbonyl (C=O) groups is 1. The van der Waals surface area contributed by atoms with Crippen molar-refractivity contribution in [2.45, 2.75) is 63.2 Å². The standard InChI is InChI=1S/C24H36N5O5.CHF3O3S/c1-16(2)22(23(31)32-4)20-13-21(27(3)34-20)28-11-7-18(8-12-28)33-19-14-25-24(26-15-19)29-9-5-17(30)6-10-29;2-1(3,4)8(5,6)7/h13-18,22,30H,5-12H2,1-4H3;(H,5,6,7)/q+1;/p-1. The molecule has 2 saturated heterocycles. The molecule has 0 spiro atoms. The van der Waals surface area contributed by atoms with Crippen LogP contribution in [-0.4, -0.2) is 85.0 Å². The van der Waals surface area contributed by atoms with E-state index in [9.17, 15) is 23.1 Å². The summed E-state index contributed by atoms with van der Waals surface area (Å²) in [6, 6.07) is 1.95. The van der Waals surface area contributed by atoms with Crippen LogP contribution in [0.5, 0.6) is 5.75 Å². The number of ether oxygens (including phenoxy) is 2. The minimum atomic E-state index is -6.09. The Morgan fingerprint density at radius 1 is 1.12 bits per heavy atom. The van der Waals surface area contributed by atoms with Gasteiger partial charge in [-0.2, -0.15) is 13.2 Å². The first-order valence-electron chi connectivity index (χ1n) is 13.4. The molecule has 0 amide bonds. The van der Waals surface area contributed by atoms with Crippen molar-refractivity contribution >= 4 is 27.9 Å². The number of methoxy groups -OCH3 is 1. The van der Waals surface area contributed by atoms with Crippen LogP contribution < -0.4 is 19.3 Å². The molecule has 0 aliphatic carbocycles. The first-order valence-corrected chi connectivity index (χ1v) is 14.8. The predicted molar refractivity (Wildman–Crippen MR) is 141 cm³/mol. The van der Waals surface area contributed by atoms with Gasteiger partial charge in [-0.15, -0.1) is 0 Å². The molecule has 1 unspecified atom stereocenters. The number of hydrogen-bond acceptors (Lipinski definition) is 12. The summed E-state index contributed by atoms with van der Waals surface area (Å²) in [6.07, 6.45) is 6.56. The number of aliphatic hydroxyl groups is 1. The van der Waals surface area contributed by atoms with Gasteiger partial charge >= 0.3 is 17.3 Å². The van der Waals surface area contributed by atoms with Gasteiger partial charge in [-0.05, 0) is 18.8 Å². The van der Waals surface area contributed by atoms with Gasteiger partial charge in [-0.25, -0.2) is 18.4 Å². The van der Waals surface area contributed by atoms with Crippen LogP contribution in [0.25, 0.3) is 0 Å². The second-order valence-electron chi connectivity index (χ2n) is 10.4. The number of aliphatic hydroxyl groups excluding tert-OH is 1. The lowest BCUT2D eigenvalue weighted by Gasteiger charge is -2.30. The fourth-order valence-corrected chi connectivity index (χ4v) is 4.72. The van der Waals surface area contributed by atoms with Crippen molar-refractivity contribution in [3.63, 3.8) is 0 Å². The number of hydrogen-bond donors (Lipinski definition) is 1. The molecule has 0 bridgehead atoms. The predicted octanol–water partition coefficient (Wildman–Crippen LogP) is 1.87. The number of rotatable bonds is 7. The first kappa shape index (κ1) is 33.3. The van der Waals surface area contributed by atoms with E-state index in [-0.39, 0.29) is 24.1 Å². The molecule has 4 heterocycles. The van der Waals surface area contributed by atoms with Crippen LogP contribution in [0.3, 0.4) is 0 Å². The van der Waals surface area contributed by atoms with Crippen LogP contribution in [0.15, 0.2) is 23.0 Å². The number of halogens is 3. The summed E-state index contributed by atoms with van der Waals surface area (Å²) in [5.41, 5.74) is -5.65. The molecular formula is C25H36F3N5O8S. The molecule has 42 heavy (non-hydrogen) atoms. The van der Waals surface area contributed by atoms with E-state index < -0.39 is 21.5 Å². The van der Waals surface area contributed by atoms with E-state index >= 15 is 0 Å². The normalized spacial score (nSPS) is 18.0. The SMILES string of the molecule is COC(=O)C(c1cc(N2CCC(Oc3cnc(N4CCC(O)CC4)nc3)CC2)[n+](C)o1)C(C)C.O=S(=O)([O-])C(F)(F)F. The lowest BCUT2D eigenvalue weighted by molar-refractivity contribution is -0.836. The molecule has 236 valence electrons. The topological polar surface area (TPSA) is 162 Å². The first-order chi connectivity index (χ1) is 19.6. The van der Waals surface area contributed by atoms with E-state index in [2.05, 4.69) is 19.8 Å². The van der Waals surface area contributed by atoms with Gasteiger partial charge in [0, 0.05) is 25.9 Å². The lowest BCUT2D eigenvalue weighted by atomic mass is 9.93. The smallest absolute Gasteiger partial charge is 0.485 e. The summed E-state index contributed by atoms with van der Waals surface area (Å²) < 4.78 is 77.7. The molecular weight excluding hydrogens is 587 g/mol. The summed E-state index contributed by atoms with van der Waals surface area (Å²) in [6.45, 7) is 7.14. The van der Waals surface area contributed by atoms with E-state index in [1.54, 1.807) is 17.1 Å². The molecule has 4 rings (SSSR count). The molecule has 2 fully saturated rings. The van der Waals surface area contributed by atoms with E-state index in [0.717, 1.165) is 57.7 Å². The second-order valence-corrected chi connectivity index (χ2v) is 11.8. The molecule has 2 aliphatic heterocycles. The van der Waals surface area contributed by atoms with Gasteiger partial charge in [0.2, 0.25) is 5.95 Å². The number of aryl methyl sites for hydroxylation is 1. The monoisotopic (exact) mass is 623 g/mol. The summed E-state index contributed by atoms with van der Waals surface area (Å²) in [5, 5.41) is 9.67. The van der Waals surface area contributed by atoms with Gasteiger partial charge in [-0.1, -0.05) is 18.6 Å². The Hall–Kier alpha value is -3.18. The largest absolute Gasteiger partial charge is 0.741 e. The van der Waals surface area contributed by atoms with Gasteiger partial charge in [-0.3, -0.25) is 9.69 Å². The van der Waals surface area contributed by atoms with Crippen molar-refractivity contribution in [3.8, 4) is 5.75 Å². The number of anilines is 2. The molecule has 2 aromatic heterocycles. The Morgan fingerprint density at radius 2 is 1.64 bits per heavy atom. The Bertz CT molecular complexity index is 1270. The molecule has 1 atom stereocenters. The quantitative estimate of drug-likeness (QED) is 0.207. The van der Waals surface area contributed by atoms with Crippen LogP contribution >= 0.6 is 0 Å². The van der Waals surface area contributed by atoms with Crippen LogP contribution in [0.4, 0.5) is 24.9 Å². The Morgan fingerprint density at radius 3 is 2.12 bits per heavy atom. The van der Waals surface area contributed by atoms with Crippen LogP contribution in [0.2, 0.25) is 0 Å². The average Bonchev–Trinajstić information content (AvgIpc) is 3.29. The van der Waals surface area contributed by atoms with Crippen LogP contribution in [0.1, 0.15) is 51.2 Å². The Labute approximate surface area is 241 Å². The molecule has 1 N–H and O–H groups in total. The van der Waals surface area contributed by atoms with Gasteiger partial charge in [0.25, 0.3) is 0 Å². The minimum absolute atomic E-state index is 0.0701. The summed E-state index contributed by atoms with van der Waals surface area (Å²) in [4.78, 5) is 25.5. The average molecular weight is 624 g/mol. The lowest BCUT2D eigenvalue weighted by Crippen LogP contribution is -2.43. The molecule has 13 nitrogen and oxygen atoms in total.